The summed E-state index contributed by atoms with van der Waals surface area (Å²) in [6.45, 7) is 4.24. The Bertz CT molecular complexity index is 410. The maximum absolute atomic E-state index is 10.9. The van der Waals surface area contributed by atoms with Gasteiger partial charge in [-0.15, -0.1) is 0 Å². The van der Waals surface area contributed by atoms with Crippen molar-refractivity contribution in [2.75, 3.05) is 26.9 Å². The number of nitro groups is 1. The molecule has 0 aliphatic rings. The van der Waals surface area contributed by atoms with Gasteiger partial charge in [0.05, 0.1) is 11.5 Å². The average Bonchev–Trinajstić information content (AvgIpc) is 2.39. The number of benzene rings is 1. The van der Waals surface area contributed by atoms with E-state index >= 15 is 0 Å². The quantitative estimate of drug-likeness (QED) is 0.422. The van der Waals surface area contributed by atoms with Crippen molar-refractivity contribution in [3.63, 3.8) is 0 Å². The van der Waals surface area contributed by atoms with Crippen LogP contribution in [0.15, 0.2) is 18.2 Å². The summed E-state index contributed by atoms with van der Waals surface area (Å²) < 4.78 is 10.7. The molecule has 6 heteroatoms. The van der Waals surface area contributed by atoms with Gasteiger partial charge in [0.25, 0.3) is 0 Å². The van der Waals surface area contributed by atoms with E-state index in [2.05, 4.69) is 5.32 Å². The van der Waals surface area contributed by atoms with Crippen molar-refractivity contribution < 1.29 is 14.4 Å². The standard InChI is InChI=1S/C13H20N2O4/c1-3-18-7-4-8-19-13-9-11(10-14-2)5-6-12(13)15(16)17/h5-6,9,14H,3-4,7-8,10H2,1-2H3. The van der Waals surface area contributed by atoms with E-state index in [9.17, 15) is 10.1 Å². The van der Waals surface area contributed by atoms with Crippen molar-refractivity contribution in [3.05, 3.63) is 33.9 Å². The third-order valence-corrected chi connectivity index (χ3v) is 2.50. The second kappa shape index (κ2) is 8.44. The Labute approximate surface area is 112 Å². The average molecular weight is 268 g/mol. The molecule has 0 atom stereocenters. The van der Waals surface area contributed by atoms with Crippen molar-refractivity contribution in [3.8, 4) is 5.75 Å². The molecule has 0 heterocycles. The third-order valence-electron chi connectivity index (χ3n) is 2.50. The molecule has 0 saturated carbocycles. The van der Waals surface area contributed by atoms with Gasteiger partial charge in [-0.1, -0.05) is 6.07 Å². The Morgan fingerprint density at radius 3 is 2.79 bits per heavy atom. The van der Waals surface area contributed by atoms with Gasteiger partial charge < -0.3 is 14.8 Å². The fourth-order valence-electron chi connectivity index (χ4n) is 1.63. The van der Waals surface area contributed by atoms with Gasteiger partial charge in [-0.25, -0.2) is 0 Å². The third kappa shape index (κ3) is 5.23. The Balaban J connectivity index is 2.66. The van der Waals surface area contributed by atoms with Crippen LogP contribution in [0.1, 0.15) is 18.9 Å². The number of nitrogens with one attached hydrogen (secondary N) is 1. The SMILES string of the molecule is CCOCCCOc1cc(CNC)ccc1[N+](=O)[O-]. The fraction of sp³-hybridized carbons (Fsp3) is 0.538. The van der Waals surface area contributed by atoms with Crippen molar-refractivity contribution in [1.82, 2.24) is 5.32 Å². The first-order valence-electron chi connectivity index (χ1n) is 6.31. The lowest BCUT2D eigenvalue weighted by molar-refractivity contribution is -0.385. The van der Waals surface area contributed by atoms with Crippen molar-refractivity contribution in [1.29, 1.82) is 0 Å². The van der Waals surface area contributed by atoms with E-state index in [0.717, 1.165) is 5.56 Å². The van der Waals surface area contributed by atoms with Gasteiger partial charge in [-0.2, -0.15) is 0 Å². The highest BCUT2D eigenvalue weighted by atomic mass is 16.6. The predicted octanol–water partition coefficient (Wildman–Crippen LogP) is 2.12. The molecule has 6 nitrogen and oxygen atoms in total. The molecular weight excluding hydrogens is 248 g/mol. The summed E-state index contributed by atoms with van der Waals surface area (Å²) in [6.07, 6.45) is 0.710. The summed E-state index contributed by atoms with van der Waals surface area (Å²) in [5.41, 5.74) is 0.948. The highest BCUT2D eigenvalue weighted by Gasteiger charge is 2.15. The lowest BCUT2D eigenvalue weighted by atomic mass is 10.2. The summed E-state index contributed by atoms with van der Waals surface area (Å²) in [7, 11) is 1.82. The number of nitro benzene ring substituents is 1. The molecule has 0 saturated heterocycles. The molecule has 1 aromatic carbocycles. The van der Waals surface area contributed by atoms with Crippen LogP contribution < -0.4 is 10.1 Å². The van der Waals surface area contributed by atoms with Gasteiger partial charge in [0.2, 0.25) is 0 Å². The number of hydrogen-bond donors (Lipinski definition) is 1. The molecule has 1 N–H and O–H groups in total. The Morgan fingerprint density at radius 1 is 1.37 bits per heavy atom. The Hall–Kier alpha value is -1.66. The van der Waals surface area contributed by atoms with E-state index in [1.165, 1.54) is 6.07 Å². The Morgan fingerprint density at radius 2 is 2.16 bits per heavy atom. The van der Waals surface area contributed by atoms with Gasteiger partial charge in [0.15, 0.2) is 5.75 Å². The molecule has 1 aromatic rings. The first kappa shape index (κ1) is 15.4. The molecule has 0 unspecified atom stereocenters. The van der Waals surface area contributed by atoms with E-state index in [1.807, 2.05) is 14.0 Å². The highest BCUT2D eigenvalue weighted by molar-refractivity contribution is 5.48. The van der Waals surface area contributed by atoms with E-state index in [4.69, 9.17) is 9.47 Å². The normalized spacial score (nSPS) is 10.4. The van der Waals surface area contributed by atoms with Gasteiger partial charge in [-0.05, 0) is 25.6 Å². The van der Waals surface area contributed by atoms with Crippen LogP contribution in [-0.4, -0.2) is 31.8 Å². The number of nitrogens with zero attached hydrogens (tertiary/aromatic N) is 1. The molecule has 0 aliphatic heterocycles. The van der Waals surface area contributed by atoms with Crippen LogP contribution >= 0.6 is 0 Å². The van der Waals surface area contributed by atoms with Gasteiger partial charge in [0.1, 0.15) is 0 Å². The summed E-state index contributed by atoms with van der Waals surface area (Å²) in [5, 5.41) is 13.9. The maximum atomic E-state index is 10.9. The number of hydrogen-bond acceptors (Lipinski definition) is 5. The van der Waals surface area contributed by atoms with Gasteiger partial charge >= 0.3 is 5.69 Å². The van der Waals surface area contributed by atoms with Crippen molar-refractivity contribution in [2.45, 2.75) is 19.9 Å². The first-order chi connectivity index (χ1) is 9.19. The molecule has 106 valence electrons. The second-order valence-electron chi connectivity index (χ2n) is 3.99. The van der Waals surface area contributed by atoms with Crippen molar-refractivity contribution >= 4 is 5.69 Å². The van der Waals surface area contributed by atoms with Crippen LogP contribution in [0.25, 0.3) is 0 Å². The molecule has 19 heavy (non-hydrogen) atoms. The summed E-state index contributed by atoms with van der Waals surface area (Å²) in [6, 6.07) is 4.90. The second-order valence-corrected chi connectivity index (χ2v) is 3.99. The minimum absolute atomic E-state index is 0.00346. The van der Waals surface area contributed by atoms with Crippen LogP contribution in [0.2, 0.25) is 0 Å². The van der Waals surface area contributed by atoms with E-state index in [-0.39, 0.29) is 5.69 Å². The lowest BCUT2D eigenvalue weighted by Crippen LogP contribution is -2.07. The van der Waals surface area contributed by atoms with E-state index < -0.39 is 4.92 Å². The molecule has 0 radical (unpaired) electrons. The summed E-state index contributed by atoms with van der Waals surface area (Å²) >= 11 is 0. The number of rotatable bonds is 9. The van der Waals surface area contributed by atoms with E-state index in [0.29, 0.717) is 38.5 Å². The fourth-order valence-corrected chi connectivity index (χ4v) is 1.63. The monoisotopic (exact) mass is 268 g/mol. The van der Waals surface area contributed by atoms with E-state index in [1.54, 1.807) is 12.1 Å². The molecule has 0 fully saturated rings. The van der Waals surface area contributed by atoms with Gasteiger partial charge in [-0.3, -0.25) is 10.1 Å². The molecule has 0 aromatic heterocycles. The Kier molecular flexibility index (Phi) is 6.84. The highest BCUT2D eigenvalue weighted by Crippen LogP contribution is 2.28. The van der Waals surface area contributed by atoms with Crippen LogP contribution in [0.3, 0.4) is 0 Å². The lowest BCUT2D eigenvalue weighted by Gasteiger charge is -2.08. The molecule has 0 amide bonds. The smallest absolute Gasteiger partial charge is 0.310 e. The zero-order valence-electron chi connectivity index (χ0n) is 11.3. The first-order valence-corrected chi connectivity index (χ1v) is 6.31. The molecule has 1 rings (SSSR count). The zero-order chi connectivity index (χ0) is 14.1. The summed E-state index contributed by atoms with van der Waals surface area (Å²) in [4.78, 5) is 10.5. The van der Waals surface area contributed by atoms with Gasteiger partial charge in [0, 0.05) is 32.2 Å². The van der Waals surface area contributed by atoms with Crippen LogP contribution in [-0.2, 0) is 11.3 Å². The molecular formula is C13H20N2O4. The van der Waals surface area contributed by atoms with Crippen LogP contribution in [0.5, 0.6) is 5.75 Å². The predicted molar refractivity (Wildman–Crippen MR) is 72.5 cm³/mol. The number of ether oxygens (including phenoxy) is 2. The molecule has 0 aliphatic carbocycles. The van der Waals surface area contributed by atoms with Crippen molar-refractivity contribution in [2.24, 2.45) is 0 Å². The van der Waals surface area contributed by atoms with Crippen LogP contribution in [0, 0.1) is 10.1 Å². The maximum Gasteiger partial charge on any atom is 0.310 e. The molecule has 0 spiro atoms. The topological polar surface area (TPSA) is 73.6 Å². The largest absolute Gasteiger partial charge is 0.487 e. The minimum Gasteiger partial charge on any atom is -0.487 e. The zero-order valence-corrected chi connectivity index (χ0v) is 11.3. The van der Waals surface area contributed by atoms with Crippen LogP contribution in [0.4, 0.5) is 5.69 Å². The summed E-state index contributed by atoms with van der Waals surface area (Å²) in [5.74, 6) is 0.314. The molecule has 0 bridgehead atoms. The minimum atomic E-state index is -0.430.